The normalized spacial score (nSPS) is 12.1. The Morgan fingerprint density at radius 3 is 2.50 bits per heavy atom. The number of hydrogen-bond donors (Lipinski definition) is 0. The van der Waals surface area contributed by atoms with Crippen molar-refractivity contribution >= 4 is 10.9 Å². The van der Waals surface area contributed by atoms with Crippen LogP contribution in [0, 0.1) is 6.92 Å². The number of nitrogens with zero attached hydrogens (tertiary/aromatic N) is 2. The van der Waals surface area contributed by atoms with E-state index in [4.69, 9.17) is 0 Å². The third-order valence-electron chi connectivity index (χ3n) is 3.20. The topological polar surface area (TPSA) is 34.9 Å². The van der Waals surface area contributed by atoms with E-state index in [9.17, 15) is 18.0 Å². The highest BCUT2D eigenvalue weighted by molar-refractivity contribution is 5.82. The summed E-state index contributed by atoms with van der Waals surface area (Å²) in [6.07, 6.45) is -3.35. The molecule has 3 nitrogen and oxygen atoms in total. The summed E-state index contributed by atoms with van der Waals surface area (Å²) in [6.45, 7) is 3.42. The predicted molar refractivity (Wildman–Crippen MR) is 70.7 cm³/mol. The molecule has 0 aliphatic carbocycles. The first kappa shape index (κ1) is 14.6. The van der Waals surface area contributed by atoms with E-state index in [0.717, 1.165) is 6.07 Å². The number of aromatic nitrogens is 2. The highest BCUT2D eigenvalue weighted by Gasteiger charge is 2.34. The first-order valence-electron chi connectivity index (χ1n) is 6.33. The van der Waals surface area contributed by atoms with Crippen molar-refractivity contribution < 1.29 is 13.2 Å². The van der Waals surface area contributed by atoms with Gasteiger partial charge in [-0.1, -0.05) is 6.92 Å². The quantitative estimate of drug-likeness (QED) is 0.848. The lowest BCUT2D eigenvalue weighted by molar-refractivity contribution is -0.136. The molecule has 1 heterocycles. The number of hydrogen-bond acceptors (Lipinski definition) is 2. The second-order valence-corrected chi connectivity index (χ2v) is 4.85. The molecule has 6 heteroatoms. The van der Waals surface area contributed by atoms with E-state index in [-0.39, 0.29) is 10.9 Å². The van der Waals surface area contributed by atoms with Crippen molar-refractivity contribution in [3.63, 3.8) is 0 Å². The molecule has 0 unspecified atom stereocenters. The van der Waals surface area contributed by atoms with E-state index in [2.05, 4.69) is 4.98 Å². The molecule has 2 aromatic rings. The van der Waals surface area contributed by atoms with Crippen LogP contribution < -0.4 is 5.56 Å². The lowest BCUT2D eigenvalue weighted by atomic mass is 10.1. The predicted octanol–water partition coefficient (Wildman–Crippen LogP) is 3.21. The molecule has 108 valence electrons. The zero-order chi connectivity index (χ0) is 15.1. The second kappa shape index (κ2) is 4.92. The fourth-order valence-electron chi connectivity index (χ4n) is 2.23. The fourth-order valence-corrected chi connectivity index (χ4v) is 2.23. The molecule has 0 N–H and O–H groups in total. The van der Waals surface area contributed by atoms with Gasteiger partial charge in [0.25, 0.3) is 5.56 Å². The molecule has 1 aromatic carbocycles. The molecule has 0 saturated heterocycles. The standard InChI is InChI=1S/C14H15F3N2O/c1-4-5-11-18-12-9(13(20)19(11)3)6-8(2)7-10(12)14(15,16)17/h6-7H,4-5H2,1-3H3. The van der Waals surface area contributed by atoms with Gasteiger partial charge >= 0.3 is 6.18 Å². The molecule has 0 atom stereocenters. The molecule has 0 saturated carbocycles. The first-order valence-corrected chi connectivity index (χ1v) is 6.33. The summed E-state index contributed by atoms with van der Waals surface area (Å²) in [6, 6.07) is 2.49. The number of rotatable bonds is 2. The third-order valence-corrected chi connectivity index (χ3v) is 3.20. The van der Waals surface area contributed by atoms with E-state index in [1.165, 1.54) is 24.6 Å². The minimum absolute atomic E-state index is 0.0136. The summed E-state index contributed by atoms with van der Waals surface area (Å²) in [5.74, 6) is 0.374. The van der Waals surface area contributed by atoms with Crippen molar-refractivity contribution in [3.05, 3.63) is 39.4 Å². The molecule has 0 fully saturated rings. The first-order chi connectivity index (χ1) is 9.25. The maximum atomic E-state index is 13.1. The number of aryl methyl sites for hydroxylation is 2. The van der Waals surface area contributed by atoms with Crippen molar-refractivity contribution in [3.8, 4) is 0 Å². The summed E-state index contributed by atoms with van der Waals surface area (Å²) in [5, 5.41) is 0.0136. The molecule has 0 spiro atoms. The third kappa shape index (κ3) is 2.42. The van der Waals surface area contributed by atoms with Gasteiger partial charge in [-0.15, -0.1) is 0 Å². The summed E-state index contributed by atoms with van der Waals surface area (Å²) in [7, 11) is 1.54. The maximum absolute atomic E-state index is 13.1. The number of benzene rings is 1. The highest BCUT2D eigenvalue weighted by atomic mass is 19.4. The minimum atomic E-state index is -4.52. The van der Waals surface area contributed by atoms with E-state index in [1.54, 1.807) is 0 Å². The maximum Gasteiger partial charge on any atom is 0.418 e. The molecular formula is C14H15F3N2O. The largest absolute Gasteiger partial charge is 0.418 e. The van der Waals surface area contributed by atoms with Gasteiger partial charge in [0.05, 0.1) is 16.5 Å². The van der Waals surface area contributed by atoms with E-state index in [1.807, 2.05) is 6.92 Å². The molecule has 0 amide bonds. The van der Waals surface area contributed by atoms with Crippen molar-refractivity contribution in [2.24, 2.45) is 7.05 Å². The van der Waals surface area contributed by atoms with Gasteiger partial charge in [-0.2, -0.15) is 13.2 Å². The highest BCUT2D eigenvalue weighted by Crippen LogP contribution is 2.34. The lowest BCUT2D eigenvalue weighted by Crippen LogP contribution is -2.24. The second-order valence-electron chi connectivity index (χ2n) is 4.85. The van der Waals surface area contributed by atoms with Gasteiger partial charge < -0.3 is 0 Å². The Morgan fingerprint density at radius 2 is 1.95 bits per heavy atom. The molecule has 2 rings (SSSR count). The number of alkyl halides is 3. The average Bonchev–Trinajstić information content (AvgIpc) is 2.35. The molecule has 0 aliphatic heterocycles. The van der Waals surface area contributed by atoms with Crippen LogP contribution in [-0.2, 0) is 19.6 Å². The monoisotopic (exact) mass is 284 g/mol. The number of halogens is 3. The van der Waals surface area contributed by atoms with E-state index < -0.39 is 17.3 Å². The number of fused-ring (bicyclic) bond motifs is 1. The smallest absolute Gasteiger partial charge is 0.299 e. The SMILES string of the molecule is CCCc1nc2c(C(F)(F)F)cc(C)cc2c(=O)n1C. The zero-order valence-corrected chi connectivity index (χ0v) is 11.5. The van der Waals surface area contributed by atoms with Crippen LogP contribution in [0.3, 0.4) is 0 Å². The van der Waals surface area contributed by atoms with Crippen LogP contribution in [0.2, 0.25) is 0 Å². The summed E-state index contributed by atoms with van der Waals surface area (Å²) >= 11 is 0. The Hall–Kier alpha value is -1.85. The van der Waals surface area contributed by atoms with Crippen LogP contribution in [0.5, 0.6) is 0 Å². The van der Waals surface area contributed by atoms with Gasteiger partial charge in [0.2, 0.25) is 0 Å². The zero-order valence-electron chi connectivity index (χ0n) is 11.5. The van der Waals surface area contributed by atoms with Gasteiger partial charge in [-0.25, -0.2) is 4.98 Å². The van der Waals surface area contributed by atoms with Gasteiger partial charge in [0.15, 0.2) is 0 Å². The molecule has 0 aliphatic rings. The van der Waals surface area contributed by atoms with Crippen LogP contribution in [0.4, 0.5) is 13.2 Å². The van der Waals surface area contributed by atoms with Crippen LogP contribution in [0.25, 0.3) is 10.9 Å². The average molecular weight is 284 g/mol. The van der Waals surface area contributed by atoms with Crippen molar-refractivity contribution in [1.82, 2.24) is 9.55 Å². The summed E-state index contributed by atoms with van der Waals surface area (Å²) < 4.78 is 40.6. The molecular weight excluding hydrogens is 269 g/mol. The molecule has 20 heavy (non-hydrogen) atoms. The lowest BCUT2D eigenvalue weighted by Gasteiger charge is -2.14. The van der Waals surface area contributed by atoms with E-state index >= 15 is 0 Å². The Labute approximate surface area is 114 Å². The Balaban J connectivity index is 2.92. The van der Waals surface area contributed by atoms with Gasteiger partial charge in [0.1, 0.15) is 5.82 Å². The summed E-state index contributed by atoms with van der Waals surface area (Å²) in [5.41, 5.74) is -1.14. The van der Waals surface area contributed by atoms with E-state index in [0.29, 0.717) is 24.2 Å². The van der Waals surface area contributed by atoms with Crippen LogP contribution in [0.15, 0.2) is 16.9 Å². The van der Waals surface area contributed by atoms with Gasteiger partial charge in [-0.05, 0) is 31.0 Å². The van der Waals surface area contributed by atoms with Crippen LogP contribution >= 0.6 is 0 Å². The van der Waals surface area contributed by atoms with Crippen molar-refractivity contribution in [2.45, 2.75) is 32.9 Å². The van der Waals surface area contributed by atoms with Gasteiger partial charge in [-0.3, -0.25) is 9.36 Å². The molecule has 0 bridgehead atoms. The van der Waals surface area contributed by atoms with Crippen molar-refractivity contribution in [1.29, 1.82) is 0 Å². The molecule has 0 radical (unpaired) electrons. The van der Waals surface area contributed by atoms with Crippen LogP contribution in [-0.4, -0.2) is 9.55 Å². The van der Waals surface area contributed by atoms with Crippen LogP contribution in [0.1, 0.15) is 30.3 Å². The molecule has 1 aromatic heterocycles. The fraction of sp³-hybridized carbons (Fsp3) is 0.429. The summed E-state index contributed by atoms with van der Waals surface area (Å²) in [4.78, 5) is 16.3. The minimum Gasteiger partial charge on any atom is -0.299 e. The van der Waals surface area contributed by atoms with Crippen molar-refractivity contribution in [2.75, 3.05) is 0 Å². The Bertz CT molecular complexity index is 717. The Morgan fingerprint density at radius 1 is 1.30 bits per heavy atom. The van der Waals surface area contributed by atoms with Gasteiger partial charge in [0, 0.05) is 13.5 Å². The Kier molecular flexibility index (Phi) is 3.58.